The second-order valence-corrected chi connectivity index (χ2v) is 9.08. The molecule has 0 unspecified atom stereocenters. The van der Waals surface area contributed by atoms with Gasteiger partial charge in [0.05, 0.1) is 27.0 Å². The Hall–Kier alpha value is -4.55. The molecule has 4 aromatic carbocycles. The van der Waals surface area contributed by atoms with Crippen LogP contribution in [0.25, 0.3) is 65.9 Å². The van der Waals surface area contributed by atoms with Crippen molar-refractivity contribution in [2.24, 2.45) is 0 Å². The van der Waals surface area contributed by atoms with E-state index in [0.29, 0.717) is 27.6 Å². The number of hydrogen-bond donors (Lipinski definition) is 2. The fourth-order valence-corrected chi connectivity index (χ4v) is 5.28. The van der Waals surface area contributed by atoms with Crippen molar-refractivity contribution in [1.82, 2.24) is 19.9 Å². The smallest absolute Gasteiger partial charge is 0.256 e. The van der Waals surface area contributed by atoms with Gasteiger partial charge in [-0.3, -0.25) is 9.78 Å². The molecular formula is C29H16ClFN4O. The summed E-state index contributed by atoms with van der Waals surface area (Å²) in [5, 5.41) is 5.12. The number of benzene rings is 4. The SMILES string of the molecule is O=c1[nH]ccc2c3nc(-c4c(F)cccc4Cl)[nH]c3c3ccc(-c4cncc5ccccc45)cc3c12. The maximum atomic E-state index is 14.7. The normalized spacial score (nSPS) is 11.7. The summed E-state index contributed by atoms with van der Waals surface area (Å²) < 4.78 is 14.7. The quantitative estimate of drug-likeness (QED) is 0.251. The first-order valence-electron chi connectivity index (χ1n) is 11.3. The standard InChI is InChI=1S/C29H16ClFN4O/c30-22-6-3-7-23(31)25(22)28-34-26-18-9-8-15(21-14-32-13-16-4-1-2-5-17(16)21)12-20(18)24-19(27(26)35-28)10-11-33-29(24)36/h1-14H,(H,33,36)(H,34,35). The van der Waals surface area contributed by atoms with Crippen molar-refractivity contribution >= 4 is 55.0 Å². The maximum absolute atomic E-state index is 14.7. The van der Waals surface area contributed by atoms with Gasteiger partial charge in [-0.05, 0) is 40.6 Å². The number of imidazole rings is 1. The number of aromatic amines is 2. The zero-order valence-corrected chi connectivity index (χ0v) is 19.4. The predicted octanol–water partition coefficient (Wildman–Crippen LogP) is 7.23. The summed E-state index contributed by atoms with van der Waals surface area (Å²) in [6.45, 7) is 0. The topological polar surface area (TPSA) is 74.4 Å². The largest absolute Gasteiger partial charge is 0.337 e. The molecule has 0 aliphatic carbocycles. The lowest BCUT2D eigenvalue weighted by Crippen LogP contribution is -2.05. The van der Waals surface area contributed by atoms with Gasteiger partial charge in [-0.2, -0.15) is 0 Å². The molecule has 7 rings (SSSR count). The highest BCUT2D eigenvalue weighted by Crippen LogP contribution is 2.38. The number of hydrogen-bond acceptors (Lipinski definition) is 3. The van der Waals surface area contributed by atoms with Crippen LogP contribution in [0, 0.1) is 5.82 Å². The van der Waals surface area contributed by atoms with Gasteiger partial charge in [0.15, 0.2) is 0 Å². The number of H-pyrrole nitrogens is 2. The zero-order chi connectivity index (χ0) is 24.4. The van der Waals surface area contributed by atoms with Crippen LogP contribution >= 0.6 is 11.6 Å². The minimum atomic E-state index is -0.473. The van der Waals surface area contributed by atoms with Crippen molar-refractivity contribution in [2.75, 3.05) is 0 Å². The summed E-state index contributed by atoms with van der Waals surface area (Å²) in [6.07, 6.45) is 5.27. The van der Waals surface area contributed by atoms with Crippen LogP contribution < -0.4 is 5.56 Å². The molecule has 0 aliphatic heterocycles. The Morgan fingerprint density at radius 3 is 2.64 bits per heavy atom. The second kappa shape index (κ2) is 7.73. The average molecular weight is 491 g/mol. The number of fused-ring (bicyclic) bond motifs is 7. The summed E-state index contributed by atoms with van der Waals surface area (Å²) in [5.41, 5.74) is 3.17. The van der Waals surface area contributed by atoms with E-state index in [2.05, 4.69) is 21.0 Å². The lowest BCUT2D eigenvalue weighted by atomic mass is 9.95. The summed E-state index contributed by atoms with van der Waals surface area (Å²) >= 11 is 6.33. The van der Waals surface area contributed by atoms with E-state index < -0.39 is 5.82 Å². The Kier molecular flexibility index (Phi) is 4.46. The molecule has 0 atom stereocenters. The molecule has 36 heavy (non-hydrogen) atoms. The molecule has 0 spiro atoms. The molecule has 3 heterocycles. The van der Waals surface area contributed by atoms with Gasteiger partial charge in [-0.15, -0.1) is 0 Å². The van der Waals surface area contributed by atoms with E-state index in [-0.39, 0.29) is 16.1 Å². The molecule has 0 saturated carbocycles. The average Bonchev–Trinajstić information content (AvgIpc) is 3.33. The van der Waals surface area contributed by atoms with E-state index in [1.165, 1.54) is 6.07 Å². The first-order chi connectivity index (χ1) is 17.6. The summed E-state index contributed by atoms with van der Waals surface area (Å²) in [5.74, 6) is -0.164. The molecule has 0 amide bonds. The number of rotatable bonds is 2. The Balaban J connectivity index is 1.59. The number of pyridine rings is 2. The molecule has 0 bridgehead atoms. The van der Waals surface area contributed by atoms with Crippen LogP contribution in [0.1, 0.15) is 0 Å². The molecule has 0 radical (unpaired) electrons. The minimum Gasteiger partial charge on any atom is -0.337 e. The van der Waals surface area contributed by atoms with Crippen molar-refractivity contribution in [3.63, 3.8) is 0 Å². The lowest BCUT2D eigenvalue weighted by Gasteiger charge is -2.10. The van der Waals surface area contributed by atoms with Gasteiger partial charge in [0, 0.05) is 40.3 Å². The predicted molar refractivity (Wildman–Crippen MR) is 143 cm³/mol. The maximum Gasteiger partial charge on any atom is 0.256 e. The van der Waals surface area contributed by atoms with Crippen LogP contribution in [0.15, 0.2) is 90.1 Å². The molecule has 7 heteroatoms. The van der Waals surface area contributed by atoms with Crippen molar-refractivity contribution in [1.29, 1.82) is 0 Å². The van der Waals surface area contributed by atoms with Gasteiger partial charge in [0.1, 0.15) is 11.6 Å². The Morgan fingerprint density at radius 1 is 0.861 bits per heavy atom. The number of nitrogens with zero attached hydrogens (tertiary/aromatic N) is 2. The van der Waals surface area contributed by atoms with Crippen LogP contribution in [-0.2, 0) is 0 Å². The van der Waals surface area contributed by atoms with Crippen molar-refractivity contribution in [2.45, 2.75) is 0 Å². The number of aromatic nitrogens is 4. The summed E-state index contributed by atoms with van der Waals surface area (Å²) in [6, 6.07) is 20.4. The molecule has 3 aromatic heterocycles. The molecular weight excluding hydrogens is 475 g/mol. The van der Waals surface area contributed by atoms with Crippen molar-refractivity contribution < 1.29 is 4.39 Å². The van der Waals surface area contributed by atoms with Crippen LogP contribution in [0.3, 0.4) is 0 Å². The number of nitrogens with one attached hydrogen (secondary N) is 2. The summed E-state index contributed by atoms with van der Waals surface area (Å²) in [4.78, 5) is 28.3. The van der Waals surface area contributed by atoms with Crippen molar-refractivity contribution in [3.05, 3.63) is 107 Å². The fraction of sp³-hybridized carbons (Fsp3) is 0. The highest BCUT2D eigenvalue weighted by Gasteiger charge is 2.19. The highest BCUT2D eigenvalue weighted by atomic mass is 35.5. The first kappa shape index (κ1) is 20.8. The molecule has 172 valence electrons. The summed E-state index contributed by atoms with van der Waals surface area (Å²) in [7, 11) is 0. The van der Waals surface area contributed by atoms with Gasteiger partial charge in [-0.1, -0.05) is 54.1 Å². The highest BCUT2D eigenvalue weighted by molar-refractivity contribution is 6.33. The van der Waals surface area contributed by atoms with Gasteiger partial charge < -0.3 is 9.97 Å². The van der Waals surface area contributed by atoms with E-state index >= 15 is 0 Å². The van der Waals surface area contributed by atoms with Crippen molar-refractivity contribution in [3.8, 4) is 22.5 Å². The third-order valence-corrected chi connectivity index (χ3v) is 6.97. The van der Waals surface area contributed by atoms with Crippen LogP contribution in [0.5, 0.6) is 0 Å². The van der Waals surface area contributed by atoms with Crippen LogP contribution in [0.4, 0.5) is 4.39 Å². The van der Waals surface area contributed by atoms with E-state index in [1.807, 2.05) is 54.9 Å². The van der Waals surface area contributed by atoms with Gasteiger partial charge in [0.25, 0.3) is 5.56 Å². The van der Waals surface area contributed by atoms with E-state index in [9.17, 15) is 9.18 Å². The first-order valence-corrected chi connectivity index (χ1v) is 11.7. The van der Waals surface area contributed by atoms with Gasteiger partial charge in [-0.25, -0.2) is 9.37 Å². The zero-order valence-electron chi connectivity index (χ0n) is 18.6. The third kappa shape index (κ3) is 2.98. The second-order valence-electron chi connectivity index (χ2n) is 8.67. The third-order valence-electron chi connectivity index (χ3n) is 6.66. The monoisotopic (exact) mass is 490 g/mol. The fourth-order valence-electron chi connectivity index (χ4n) is 5.03. The molecule has 2 N–H and O–H groups in total. The molecule has 0 saturated heterocycles. The van der Waals surface area contributed by atoms with E-state index in [0.717, 1.165) is 32.7 Å². The Morgan fingerprint density at radius 2 is 1.75 bits per heavy atom. The van der Waals surface area contributed by atoms with Gasteiger partial charge in [0.2, 0.25) is 0 Å². The molecule has 7 aromatic rings. The molecule has 0 fully saturated rings. The Bertz CT molecular complexity index is 2040. The minimum absolute atomic E-state index is 0.194. The van der Waals surface area contributed by atoms with Crippen LogP contribution in [-0.4, -0.2) is 19.9 Å². The van der Waals surface area contributed by atoms with E-state index in [1.54, 1.807) is 18.3 Å². The van der Waals surface area contributed by atoms with Gasteiger partial charge >= 0.3 is 0 Å². The Labute approximate surface area is 208 Å². The van der Waals surface area contributed by atoms with Crippen LogP contribution in [0.2, 0.25) is 5.02 Å². The molecule has 5 nitrogen and oxygen atoms in total. The van der Waals surface area contributed by atoms with E-state index in [4.69, 9.17) is 16.6 Å². The number of halogens is 2. The lowest BCUT2D eigenvalue weighted by molar-refractivity contribution is 0.630. The molecule has 0 aliphatic rings.